The molecule has 1 heterocycles. The van der Waals surface area contributed by atoms with Crippen molar-refractivity contribution in [1.29, 1.82) is 0 Å². The Hall–Kier alpha value is -0.960. The van der Waals surface area contributed by atoms with Crippen molar-refractivity contribution < 1.29 is 9.47 Å². The van der Waals surface area contributed by atoms with Crippen LogP contribution in [-0.4, -0.2) is 19.2 Å². The van der Waals surface area contributed by atoms with Gasteiger partial charge in [-0.25, -0.2) is 4.98 Å². The van der Waals surface area contributed by atoms with E-state index in [9.17, 15) is 0 Å². The highest BCUT2D eigenvalue weighted by Gasteiger charge is 2.04. The number of halogens is 1. The van der Waals surface area contributed by atoms with E-state index < -0.39 is 0 Å². The molecule has 0 saturated carbocycles. The summed E-state index contributed by atoms with van der Waals surface area (Å²) in [5, 5.41) is 0. The Morgan fingerprint density at radius 2 is 2.17 bits per heavy atom. The summed E-state index contributed by atoms with van der Waals surface area (Å²) in [7, 11) is 3.11. The van der Waals surface area contributed by atoms with Crippen molar-refractivity contribution in [3.8, 4) is 11.6 Å². The number of nitrogens with zero attached hydrogens (tertiary/aromatic N) is 1. The van der Waals surface area contributed by atoms with E-state index in [2.05, 4.69) is 4.98 Å². The molecule has 0 amide bonds. The van der Waals surface area contributed by atoms with Gasteiger partial charge in [-0.1, -0.05) is 0 Å². The lowest BCUT2D eigenvalue weighted by molar-refractivity contribution is 0.342. The Morgan fingerprint density at radius 3 is 2.67 bits per heavy atom. The average molecular weight is 188 g/mol. The van der Waals surface area contributed by atoms with Crippen molar-refractivity contribution in [3.63, 3.8) is 0 Å². The number of methoxy groups -OCH3 is 2. The molecule has 0 bridgehead atoms. The average Bonchev–Trinajstić information content (AvgIpc) is 2.16. The van der Waals surface area contributed by atoms with Crippen LogP contribution in [0, 0.1) is 0 Å². The normalized spacial score (nSPS) is 9.58. The number of rotatable bonds is 3. The summed E-state index contributed by atoms with van der Waals surface area (Å²) in [4.78, 5) is 4.01. The quantitative estimate of drug-likeness (QED) is 0.677. The van der Waals surface area contributed by atoms with E-state index in [1.54, 1.807) is 26.5 Å². The van der Waals surface area contributed by atoms with Gasteiger partial charge in [-0.05, 0) is 11.6 Å². The molecule has 0 fully saturated rings. The van der Waals surface area contributed by atoms with Gasteiger partial charge in [0.05, 0.1) is 14.2 Å². The van der Waals surface area contributed by atoms with E-state index >= 15 is 0 Å². The van der Waals surface area contributed by atoms with E-state index in [1.165, 1.54) is 0 Å². The zero-order valence-electron chi connectivity index (χ0n) is 7.00. The summed E-state index contributed by atoms with van der Waals surface area (Å²) < 4.78 is 9.99. The number of hydrogen-bond acceptors (Lipinski definition) is 3. The van der Waals surface area contributed by atoms with Gasteiger partial charge in [-0.3, -0.25) is 0 Å². The minimum Gasteiger partial charge on any atom is -0.491 e. The van der Waals surface area contributed by atoms with Crippen molar-refractivity contribution in [2.75, 3.05) is 14.2 Å². The van der Waals surface area contributed by atoms with Gasteiger partial charge < -0.3 is 9.47 Å². The summed E-state index contributed by atoms with van der Waals surface area (Å²) in [6.45, 7) is 0. The third-order valence-electron chi connectivity index (χ3n) is 1.44. The summed E-state index contributed by atoms with van der Waals surface area (Å²) >= 11 is 5.62. The fraction of sp³-hybridized carbons (Fsp3) is 0.375. The molecule has 66 valence electrons. The van der Waals surface area contributed by atoms with E-state index in [0.717, 1.165) is 5.56 Å². The summed E-state index contributed by atoms with van der Waals surface area (Å²) in [6, 6.07) is 1.80. The van der Waals surface area contributed by atoms with Crippen LogP contribution in [-0.2, 0) is 5.88 Å². The molecule has 0 aliphatic carbocycles. The fourth-order valence-corrected chi connectivity index (χ4v) is 0.991. The molecule has 0 saturated heterocycles. The Morgan fingerprint density at radius 1 is 1.42 bits per heavy atom. The van der Waals surface area contributed by atoms with Crippen LogP contribution in [0.4, 0.5) is 0 Å². The lowest BCUT2D eigenvalue weighted by Gasteiger charge is -2.06. The fourth-order valence-electron chi connectivity index (χ4n) is 0.845. The summed E-state index contributed by atoms with van der Waals surface area (Å²) in [5.74, 6) is 1.51. The lowest BCUT2D eigenvalue weighted by Crippen LogP contribution is -1.94. The molecular weight excluding hydrogens is 178 g/mol. The molecule has 0 atom stereocenters. The predicted molar refractivity (Wildman–Crippen MR) is 46.9 cm³/mol. The first-order valence-electron chi connectivity index (χ1n) is 3.44. The smallest absolute Gasteiger partial charge is 0.256 e. The highest BCUT2D eigenvalue weighted by Crippen LogP contribution is 2.24. The molecule has 3 nitrogen and oxygen atoms in total. The zero-order chi connectivity index (χ0) is 8.97. The van der Waals surface area contributed by atoms with E-state index in [4.69, 9.17) is 21.1 Å². The highest BCUT2D eigenvalue weighted by molar-refractivity contribution is 6.17. The van der Waals surface area contributed by atoms with Crippen molar-refractivity contribution in [1.82, 2.24) is 4.98 Å². The first kappa shape index (κ1) is 9.13. The standard InChI is InChI=1S/C8H10ClNO2/c1-11-7-3-6(4-9)5-10-8(7)12-2/h3,5H,4H2,1-2H3. The van der Waals surface area contributed by atoms with Crippen molar-refractivity contribution in [2.45, 2.75) is 5.88 Å². The molecule has 0 radical (unpaired) electrons. The second-order valence-electron chi connectivity index (χ2n) is 2.19. The molecule has 1 aromatic heterocycles. The van der Waals surface area contributed by atoms with Crippen molar-refractivity contribution in [2.24, 2.45) is 0 Å². The molecular formula is C8H10ClNO2. The van der Waals surface area contributed by atoms with Gasteiger partial charge in [0.1, 0.15) is 0 Å². The summed E-state index contributed by atoms with van der Waals surface area (Å²) in [6.07, 6.45) is 1.66. The van der Waals surface area contributed by atoms with Gasteiger partial charge in [0.25, 0.3) is 5.88 Å². The molecule has 0 N–H and O–H groups in total. The summed E-state index contributed by atoms with van der Waals surface area (Å²) in [5.41, 5.74) is 0.911. The van der Waals surface area contributed by atoms with E-state index in [0.29, 0.717) is 17.5 Å². The molecule has 0 unspecified atom stereocenters. The topological polar surface area (TPSA) is 31.4 Å². The molecule has 0 aliphatic rings. The molecule has 1 rings (SSSR count). The maximum Gasteiger partial charge on any atom is 0.256 e. The first-order chi connectivity index (χ1) is 5.81. The van der Waals surface area contributed by atoms with Crippen LogP contribution in [0.2, 0.25) is 0 Å². The molecule has 4 heteroatoms. The SMILES string of the molecule is COc1cc(CCl)cnc1OC. The number of ether oxygens (including phenoxy) is 2. The van der Waals surface area contributed by atoms with Gasteiger partial charge >= 0.3 is 0 Å². The zero-order valence-corrected chi connectivity index (χ0v) is 7.76. The molecule has 1 aromatic rings. The van der Waals surface area contributed by atoms with E-state index in [-0.39, 0.29) is 0 Å². The van der Waals surface area contributed by atoms with Crippen molar-refractivity contribution >= 4 is 11.6 Å². The third kappa shape index (κ3) is 1.80. The monoisotopic (exact) mass is 187 g/mol. The minimum atomic E-state index is 0.424. The molecule has 0 aliphatic heterocycles. The number of alkyl halides is 1. The third-order valence-corrected chi connectivity index (χ3v) is 1.75. The van der Waals surface area contributed by atoms with Crippen LogP contribution in [0.1, 0.15) is 5.56 Å². The number of pyridine rings is 1. The van der Waals surface area contributed by atoms with Crippen molar-refractivity contribution in [3.05, 3.63) is 17.8 Å². The maximum absolute atomic E-state index is 5.62. The second kappa shape index (κ2) is 4.16. The second-order valence-corrected chi connectivity index (χ2v) is 2.46. The molecule has 12 heavy (non-hydrogen) atoms. The van der Waals surface area contributed by atoms with Crippen LogP contribution in [0.15, 0.2) is 12.3 Å². The number of aromatic nitrogens is 1. The Kier molecular flexibility index (Phi) is 3.17. The van der Waals surface area contributed by atoms with Gasteiger partial charge in [0.15, 0.2) is 5.75 Å². The Labute approximate surface area is 76.3 Å². The van der Waals surface area contributed by atoms with Gasteiger partial charge in [0.2, 0.25) is 0 Å². The highest BCUT2D eigenvalue weighted by atomic mass is 35.5. The predicted octanol–water partition coefficient (Wildman–Crippen LogP) is 1.84. The van der Waals surface area contributed by atoms with Gasteiger partial charge in [0, 0.05) is 12.1 Å². The lowest BCUT2D eigenvalue weighted by atomic mass is 10.3. The Bertz CT molecular complexity index is 265. The van der Waals surface area contributed by atoms with Crippen LogP contribution in [0.25, 0.3) is 0 Å². The number of hydrogen-bond donors (Lipinski definition) is 0. The van der Waals surface area contributed by atoms with Crippen LogP contribution >= 0.6 is 11.6 Å². The van der Waals surface area contributed by atoms with Crippen LogP contribution in [0.5, 0.6) is 11.6 Å². The van der Waals surface area contributed by atoms with E-state index in [1.807, 2.05) is 0 Å². The minimum absolute atomic E-state index is 0.424. The Balaban J connectivity index is 3.02. The van der Waals surface area contributed by atoms with Gasteiger partial charge in [-0.15, -0.1) is 11.6 Å². The first-order valence-corrected chi connectivity index (χ1v) is 3.98. The van der Waals surface area contributed by atoms with Crippen LogP contribution in [0.3, 0.4) is 0 Å². The molecule has 0 aromatic carbocycles. The van der Waals surface area contributed by atoms with Gasteiger partial charge in [-0.2, -0.15) is 0 Å². The van der Waals surface area contributed by atoms with Crippen LogP contribution < -0.4 is 9.47 Å². The largest absolute Gasteiger partial charge is 0.491 e. The maximum atomic E-state index is 5.62. The molecule has 0 spiro atoms.